The van der Waals surface area contributed by atoms with E-state index in [1.807, 2.05) is 0 Å². The first-order chi connectivity index (χ1) is 6.44. The van der Waals surface area contributed by atoms with E-state index in [1.165, 1.54) is 6.07 Å². The van der Waals surface area contributed by atoms with E-state index in [9.17, 15) is 8.78 Å². The molecule has 0 bridgehead atoms. The minimum Gasteiger partial charge on any atom is -0.394 e. The number of hydrogen-bond donors (Lipinski definition) is 2. The summed E-state index contributed by atoms with van der Waals surface area (Å²) >= 11 is 0. The van der Waals surface area contributed by atoms with E-state index >= 15 is 0 Å². The first-order valence-corrected chi connectivity index (χ1v) is 4.29. The number of nitrogens with one attached hydrogen (secondary N) is 1. The number of halogens is 2. The summed E-state index contributed by atoms with van der Waals surface area (Å²) < 4.78 is 25.3. The maximum absolute atomic E-state index is 12.8. The van der Waals surface area contributed by atoms with Crippen molar-refractivity contribution in [3.05, 3.63) is 29.8 Å². The lowest BCUT2D eigenvalue weighted by molar-refractivity contribution is 0.234. The van der Waals surface area contributed by atoms with Crippen molar-refractivity contribution >= 4 is 5.69 Å². The minimum atomic E-state index is -0.899. The Bertz CT molecular complexity index is 326. The highest BCUT2D eigenvalue weighted by Gasteiger charge is 2.16. The summed E-state index contributed by atoms with van der Waals surface area (Å²) in [4.78, 5) is 0. The molecule has 1 aromatic carbocycles. The molecule has 0 unspecified atom stereocenters. The van der Waals surface area contributed by atoms with Crippen molar-refractivity contribution in [1.29, 1.82) is 0 Å². The molecule has 1 aromatic rings. The summed E-state index contributed by atoms with van der Waals surface area (Å²) in [5.41, 5.74) is -0.104. The number of hydrogen-bond acceptors (Lipinski definition) is 2. The molecule has 0 atom stereocenters. The Kier molecular flexibility index (Phi) is 3.06. The van der Waals surface area contributed by atoms with Crippen molar-refractivity contribution < 1.29 is 13.9 Å². The van der Waals surface area contributed by atoms with Gasteiger partial charge in [0.25, 0.3) is 0 Å². The van der Waals surface area contributed by atoms with Crippen LogP contribution in [-0.4, -0.2) is 17.3 Å². The van der Waals surface area contributed by atoms with E-state index in [4.69, 9.17) is 5.11 Å². The fraction of sp³-hybridized carbons (Fsp3) is 0.400. The van der Waals surface area contributed by atoms with Gasteiger partial charge in [0, 0.05) is 11.8 Å². The maximum Gasteiger partial charge on any atom is 0.160 e. The summed E-state index contributed by atoms with van der Waals surface area (Å²) in [7, 11) is 0. The highest BCUT2D eigenvalue weighted by molar-refractivity contribution is 5.45. The van der Waals surface area contributed by atoms with Crippen molar-refractivity contribution in [3.63, 3.8) is 0 Å². The zero-order valence-corrected chi connectivity index (χ0v) is 8.14. The normalized spacial score (nSPS) is 11.5. The van der Waals surface area contributed by atoms with Gasteiger partial charge in [0.1, 0.15) is 0 Å². The SMILES string of the molecule is CC(C)(CO)Nc1ccc(F)c(F)c1. The Labute approximate surface area is 81.6 Å². The van der Waals surface area contributed by atoms with Crippen molar-refractivity contribution in [2.45, 2.75) is 19.4 Å². The summed E-state index contributed by atoms with van der Waals surface area (Å²) in [6.07, 6.45) is 0. The van der Waals surface area contributed by atoms with Crippen molar-refractivity contribution in [1.82, 2.24) is 0 Å². The molecule has 0 aromatic heterocycles. The highest BCUT2D eigenvalue weighted by Crippen LogP contribution is 2.17. The first-order valence-electron chi connectivity index (χ1n) is 4.29. The fourth-order valence-corrected chi connectivity index (χ4v) is 1.00. The van der Waals surface area contributed by atoms with Gasteiger partial charge in [-0.2, -0.15) is 0 Å². The maximum atomic E-state index is 12.8. The molecule has 0 fully saturated rings. The third-order valence-corrected chi connectivity index (χ3v) is 1.80. The molecule has 78 valence electrons. The van der Waals surface area contributed by atoms with Gasteiger partial charge in [0.05, 0.1) is 12.1 Å². The predicted molar refractivity (Wildman–Crippen MR) is 51.1 cm³/mol. The number of rotatable bonds is 3. The highest BCUT2D eigenvalue weighted by atomic mass is 19.2. The Morgan fingerprint density at radius 2 is 1.93 bits per heavy atom. The topological polar surface area (TPSA) is 32.3 Å². The molecule has 0 aliphatic carbocycles. The molecule has 0 saturated carbocycles. The molecule has 2 nitrogen and oxygen atoms in total. The van der Waals surface area contributed by atoms with Crippen LogP contribution in [0, 0.1) is 11.6 Å². The lowest BCUT2D eigenvalue weighted by Gasteiger charge is -2.24. The van der Waals surface area contributed by atoms with Crippen LogP contribution in [0.3, 0.4) is 0 Å². The van der Waals surface area contributed by atoms with Crippen molar-refractivity contribution in [2.24, 2.45) is 0 Å². The second kappa shape index (κ2) is 3.92. The monoisotopic (exact) mass is 201 g/mol. The van der Waals surface area contributed by atoms with Crippen LogP contribution in [0.1, 0.15) is 13.8 Å². The molecule has 0 amide bonds. The van der Waals surface area contributed by atoms with Gasteiger partial charge in [-0.1, -0.05) is 0 Å². The third-order valence-electron chi connectivity index (χ3n) is 1.80. The summed E-state index contributed by atoms with van der Waals surface area (Å²) in [5, 5.41) is 11.8. The molecule has 1 rings (SSSR count). The van der Waals surface area contributed by atoms with Crippen LogP contribution < -0.4 is 5.32 Å². The summed E-state index contributed by atoms with van der Waals surface area (Å²) in [6.45, 7) is 3.43. The van der Waals surface area contributed by atoms with Crippen molar-refractivity contribution in [2.75, 3.05) is 11.9 Å². The Morgan fingerprint density at radius 1 is 1.29 bits per heavy atom. The molecule has 0 saturated heterocycles. The quantitative estimate of drug-likeness (QED) is 0.785. The van der Waals surface area contributed by atoms with E-state index in [0.29, 0.717) is 5.69 Å². The average molecular weight is 201 g/mol. The van der Waals surface area contributed by atoms with Crippen molar-refractivity contribution in [3.8, 4) is 0 Å². The number of anilines is 1. The van der Waals surface area contributed by atoms with E-state index in [0.717, 1.165) is 12.1 Å². The van der Waals surface area contributed by atoms with Crippen LogP contribution in [-0.2, 0) is 0 Å². The Morgan fingerprint density at radius 3 is 2.43 bits per heavy atom. The molecule has 0 aliphatic rings. The predicted octanol–water partition coefficient (Wildman–Crippen LogP) is 2.15. The number of benzene rings is 1. The zero-order valence-electron chi connectivity index (χ0n) is 8.14. The standard InChI is InChI=1S/C10H13F2NO/c1-10(2,6-14)13-7-3-4-8(11)9(12)5-7/h3-5,13-14H,6H2,1-2H3. The Hall–Kier alpha value is -1.16. The van der Waals surface area contributed by atoms with Gasteiger partial charge in [-0.05, 0) is 26.0 Å². The van der Waals surface area contributed by atoms with Crippen LogP contribution >= 0.6 is 0 Å². The summed E-state index contributed by atoms with van der Waals surface area (Å²) in [5.74, 6) is -1.78. The zero-order chi connectivity index (χ0) is 10.8. The first kappa shape index (κ1) is 10.9. The van der Waals surface area contributed by atoms with Gasteiger partial charge in [-0.3, -0.25) is 0 Å². The van der Waals surface area contributed by atoms with E-state index in [1.54, 1.807) is 13.8 Å². The Balaban J connectivity index is 2.83. The largest absolute Gasteiger partial charge is 0.394 e. The molecule has 0 heterocycles. The van der Waals surface area contributed by atoms with Gasteiger partial charge in [-0.15, -0.1) is 0 Å². The van der Waals surface area contributed by atoms with E-state index in [2.05, 4.69) is 5.32 Å². The van der Waals surface area contributed by atoms with E-state index < -0.39 is 17.2 Å². The lowest BCUT2D eigenvalue weighted by atomic mass is 10.1. The smallest absolute Gasteiger partial charge is 0.160 e. The number of aliphatic hydroxyl groups is 1. The van der Waals surface area contributed by atoms with Gasteiger partial charge >= 0.3 is 0 Å². The van der Waals surface area contributed by atoms with Crippen LogP contribution in [0.15, 0.2) is 18.2 Å². The van der Waals surface area contributed by atoms with Gasteiger partial charge in [0.2, 0.25) is 0 Å². The van der Waals surface area contributed by atoms with Crippen LogP contribution in [0.5, 0.6) is 0 Å². The third kappa shape index (κ3) is 2.67. The van der Waals surface area contributed by atoms with Gasteiger partial charge < -0.3 is 10.4 Å². The second-order valence-electron chi connectivity index (χ2n) is 3.80. The molecule has 0 aliphatic heterocycles. The van der Waals surface area contributed by atoms with Crippen LogP contribution in [0.2, 0.25) is 0 Å². The van der Waals surface area contributed by atoms with Crippen LogP contribution in [0.25, 0.3) is 0 Å². The van der Waals surface area contributed by atoms with E-state index in [-0.39, 0.29) is 6.61 Å². The lowest BCUT2D eigenvalue weighted by Crippen LogP contribution is -2.34. The molecule has 4 heteroatoms. The molecule has 14 heavy (non-hydrogen) atoms. The second-order valence-corrected chi connectivity index (χ2v) is 3.80. The number of aliphatic hydroxyl groups excluding tert-OH is 1. The molecule has 0 radical (unpaired) electrons. The summed E-state index contributed by atoms with van der Waals surface area (Å²) in [6, 6.07) is 3.54. The van der Waals surface area contributed by atoms with Crippen LogP contribution in [0.4, 0.5) is 14.5 Å². The molecular formula is C10H13F2NO. The van der Waals surface area contributed by atoms with Gasteiger partial charge in [-0.25, -0.2) is 8.78 Å². The fourth-order valence-electron chi connectivity index (χ4n) is 1.00. The molecule has 0 spiro atoms. The molecule has 2 N–H and O–H groups in total. The van der Waals surface area contributed by atoms with Gasteiger partial charge in [0.15, 0.2) is 11.6 Å². The minimum absolute atomic E-state index is 0.0913. The molecular weight excluding hydrogens is 188 g/mol. The average Bonchev–Trinajstić information content (AvgIpc) is 2.11.